The van der Waals surface area contributed by atoms with E-state index in [1.807, 2.05) is 6.07 Å². The van der Waals surface area contributed by atoms with Crippen molar-refractivity contribution in [1.82, 2.24) is 20.5 Å². The van der Waals surface area contributed by atoms with E-state index < -0.39 is 42.3 Å². The molecule has 5 N–H and O–H groups in total. The Balaban J connectivity index is 1.48. The average molecular weight is 466 g/mol. The molecule has 1 aromatic carbocycles. The van der Waals surface area contributed by atoms with Gasteiger partial charge in [0.2, 0.25) is 29.5 Å². The molecule has 3 heterocycles. The molecule has 11 heteroatoms. The van der Waals surface area contributed by atoms with Crippen LogP contribution in [0.25, 0.3) is 10.8 Å². The van der Waals surface area contributed by atoms with E-state index in [2.05, 4.69) is 20.9 Å². The summed E-state index contributed by atoms with van der Waals surface area (Å²) in [6.07, 6.45) is 4.47. The van der Waals surface area contributed by atoms with Crippen molar-refractivity contribution in [2.45, 2.75) is 50.2 Å². The van der Waals surface area contributed by atoms with E-state index in [0.717, 1.165) is 10.8 Å². The first-order valence-corrected chi connectivity index (χ1v) is 11.2. The number of benzene rings is 1. The van der Waals surface area contributed by atoms with E-state index in [1.54, 1.807) is 30.6 Å². The second kappa shape index (κ2) is 9.86. The van der Waals surface area contributed by atoms with Gasteiger partial charge in [-0.3, -0.25) is 29.0 Å². The molecule has 0 radical (unpaired) electrons. The number of hydrogen-bond acceptors (Lipinski definition) is 6. The number of fused-ring (bicyclic) bond motifs is 1. The van der Waals surface area contributed by atoms with Crippen molar-refractivity contribution in [1.29, 1.82) is 0 Å². The predicted molar refractivity (Wildman–Crippen MR) is 122 cm³/mol. The normalized spacial score (nSPS) is 20.6. The van der Waals surface area contributed by atoms with Crippen LogP contribution in [0.2, 0.25) is 0 Å². The van der Waals surface area contributed by atoms with E-state index in [-0.39, 0.29) is 18.2 Å². The summed E-state index contributed by atoms with van der Waals surface area (Å²) in [6.45, 7) is 0.307. The highest BCUT2D eigenvalue weighted by atomic mass is 16.2. The standard InChI is InChI=1S/C23H26N6O5/c24-19(30)11-17(28-21(32)16-6-7-20(31)26-16)23(34)29-10-2-5-18(29)22(33)27-15-4-1-3-13-12-25-9-8-14(13)15/h1,3-4,8-9,12,16-18H,2,5-7,10-11H2,(H2,24,30)(H,26,31)(H,27,33)(H,28,32). The quantitative estimate of drug-likeness (QED) is 0.442. The second-order valence-electron chi connectivity index (χ2n) is 8.47. The Morgan fingerprint density at radius 3 is 2.74 bits per heavy atom. The molecule has 2 fully saturated rings. The van der Waals surface area contributed by atoms with E-state index in [0.29, 0.717) is 31.5 Å². The Kier molecular flexibility index (Phi) is 6.71. The molecule has 2 aliphatic rings. The lowest BCUT2D eigenvalue weighted by Gasteiger charge is -2.29. The molecule has 11 nitrogen and oxygen atoms in total. The fourth-order valence-corrected chi connectivity index (χ4v) is 4.44. The number of aromatic nitrogens is 1. The number of nitrogens with two attached hydrogens (primary N) is 1. The average Bonchev–Trinajstić information content (AvgIpc) is 3.47. The van der Waals surface area contributed by atoms with Gasteiger partial charge in [0.05, 0.1) is 6.42 Å². The highest BCUT2D eigenvalue weighted by Gasteiger charge is 2.39. The largest absolute Gasteiger partial charge is 0.370 e. The van der Waals surface area contributed by atoms with Crippen LogP contribution >= 0.6 is 0 Å². The second-order valence-corrected chi connectivity index (χ2v) is 8.47. The van der Waals surface area contributed by atoms with Crippen molar-refractivity contribution >= 4 is 46.0 Å². The Morgan fingerprint density at radius 1 is 1.18 bits per heavy atom. The molecule has 34 heavy (non-hydrogen) atoms. The van der Waals surface area contributed by atoms with Gasteiger partial charge in [0.25, 0.3) is 0 Å². The summed E-state index contributed by atoms with van der Waals surface area (Å²) in [6, 6.07) is 4.50. The first kappa shape index (κ1) is 23.1. The molecule has 3 atom stereocenters. The van der Waals surface area contributed by atoms with Crippen LogP contribution in [-0.4, -0.2) is 64.1 Å². The Morgan fingerprint density at radius 2 is 2.00 bits per heavy atom. The van der Waals surface area contributed by atoms with Gasteiger partial charge in [0, 0.05) is 41.8 Å². The third-order valence-electron chi connectivity index (χ3n) is 6.11. The van der Waals surface area contributed by atoms with Gasteiger partial charge in [-0.15, -0.1) is 0 Å². The zero-order valence-corrected chi connectivity index (χ0v) is 18.5. The first-order chi connectivity index (χ1) is 16.3. The van der Waals surface area contributed by atoms with Gasteiger partial charge in [0.15, 0.2) is 0 Å². The van der Waals surface area contributed by atoms with Crippen LogP contribution in [0, 0.1) is 0 Å². The Hall–Kier alpha value is -4.02. The van der Waals surface area contributed by atoms with Crippen LogP contribution < -0.4 is 21.7 Å². The van der Waals surface area contributed by atoms with Gasteiger partial charge >= 0.3 is 0 Å². The highest BCUT2D eigenvalue weighted by Crippen LogP contribution is 2.25. The zero-order chi connectivity index (χ0) is 24.2. The summed E-state index contributed by atoms with van der Waals surface area (Å²) in [4.78, 5) is 67.5. The molecule has 0 saturated carbocycles. The van der Waals surface area contributed by atoms with Crippen LogP contribution in [0.1, 0.15) is 32.1 Å². The number of nitrogens with zero attached hydrogens (tertiary/aromatic N) is 2. The Bertz CT molecular complexity index is 1150. The van der Waals surface area contributed by atoms with Crippen LogP contribution in [0.4, 0.5) is 5.69 Å². The molecule has 2 saturated heterocycles. The van der Waals surface area contributed by atoms with Gasteiger partial charge in [-0.25, -0.2) is 0 Å². The molecule has 1 aromatic heterocycles. The highest BCUT2D eigenvalue weighted by molar-refractivity contribution is 6.05. The first-order valence-electron chi connectivity index (χ1n) is 11.2. The number of anilines is 1. The number of carbonyl (C=O) groups excluding carboxylic acids is 5. The third kappa shape index (κ3) is 4.98. The minimum atomic E-state index is -1.22. The van der Waals surface area contributed by atoms with Crippen molar-refractivity contribution in [3.05, 3.63) is 36.7 Å². The summed E-state index contributed by atoms with van der Waals surface area (Å²) in [7, 11) is 0. The number of nitrogens with one attached hydrogen (secondary N) is 3. The molecule has 5 amide bonds. The SMILES string of the molecule is NC(=O)CC(NC(=O)C1CCC(=O)N1)C(=O)N1CCCC1C(=O)Nc1cccc2cnccc12. The predicted octanol–water partition coefficient (Wildman–Crippen LogP) is -0.197. The molecule has 2 aromatic rings. The lowest BCUT2D eigenvalue weighted by Crippen LogP contribution is -2.56. The summed E-state index contributed by atoms with van der Waals surface area (Å²) in [5, 5.41) is 9.64. The number of pyridine rings is 1. The van der Waals surface area contributed by atoms with Crippen LogP contribution in [0.3, 0.4) is 0 Å². The number of likely N-dealkylation sites (tertiary alicyclic amines) is 1. The molecular formula is C23H26N6O5. The van der Waals surface area contributed by atoms with Crippen LogP contribution in [-0.2, 0) is 24.0 Å². The van der Waals surface area contributed by atoms with Crippen molar-refractivity contribution in [2.75, 3.05) is 11.9 Å². The number of hydrogen-bond donors (Lipinski definition) is 4. The van der Waals surface area contributed by atoms with E-state index in [9.17, 15) is 24.0 Å². The monoisotopic (exact) mass is 466 g/mol. The third-order valence-corrected chi connectivity index (χ3v) is 6.11. The molecule has 4 rings (SSSR count). The smallest absolute Gasteiger partial charge is 0.247 e. The van der Waals surface area contributed by atoms with E-state index >= 15 is 0 Å². The number of carbonyl (C=O) groups is 5. The zero-order valence-electron chi connectivity index (χ0n) is 18.5. The van der Waals surface area contributed by atoms with Crippen molar-refractivity contribution in [3.63, 3.8) is 0 Å². The van der Waals surface area contributed by atoms with E-state index in [4.69, 9.17) is 5.73 Å². The molecule has 0 bridgehead atoms. The lowest BCUT2D eigenvalue weighted by atomic mass is 10.1. The molecule has 2 aliphatic heterocycles. The Labute approximate surface area is 195 Å². The maximum absolute atomic E-state index is 13.3. The number of rotatable bonds is 7. The lowest BCUT2D eigenvalue weighted by molar-refractivity contribution is -0.141. The van der Waals surface area contributed by atoms with Crippen molar-refractivity contribution in [3.8, 4) is 0 Å². The van der Waals surface area contributed by atoms with Crippen LogP contribution in [0.15, 0.2) is 36.7 Å². The van der Waals surface area contributed by atoms with Gasteiger partial charge in [-0.1, -0.05) is 12.1 Å². The topological polar surface area (TPSA) is 164 Å². The summed E-state index contributed by atoms with van der Waals surface area (Å²) >= 11 is 0. The molecule has 0 aliphatic carbocycles. The van der Waals surface area contributed by atoms with Gasteiger partial charge in [-0.2, -0.15) is 0 Å². The fourth-order valence-electron chi connectivity index (χ4n) is 4.44. The minimum Gasteiger partial charge on any atom is -0.370 e. The van der Waals surface area contributed by atoms with Gasteiger partial charge in [0.1, 0.15) is 18.1 Å². The van der Waals surface area contributed by atoms with Gasteiger partial charge < -0.3 is 26.6 Å². The van der Waals surface area contributed by atoms with Crippen LogP contribution in [0.5, 0.6) is 0 Å². The number of amides is 5. The molecular weight excluding hydrogens is 440 g/mol. The molecule has 0 spiro atoms. The maximum Gasteiger partial charge on any atom is 0.247 e. The van der Waals surface area contributed by atoms with Crippen molar-refractivity contribution in [2.24, 2.45) is 5.73 Å². The van der Waals surface area contributed by atoms with Crippen molar-refractivity contribution < 1.29 is 24.0 Å². The minimum absolute atomic E-state index is 0.213. The van der Waals surface area contributed by atoms with E-state index in [1.165, 1.54) is 4.90 Å². The molecule has 178 valence electrons. The summed E-state index contributed by atoms with van der Waals surface area (Å²) in [5.41, 5.74) is 5.92. The number of primary amides is 1. The maximum atomic E-state index is 13.3. The van der Waals surface area contributed by atoms with Gasteiger partial charge in [-0.05, 0) is 31.4 Å². The fraction of sp³-hybridized carbons (Fsp3) is 0.391. The summed E-state index contributed by atoms with van der Waals surface area (Å²) < 4.78 is 0. The summed E-state index contributed by atoms with van der Waals surface area (Å²) in [5.74, 6) is -2.49. The molecule has 3 unspecified atom stereocenters.